The Balaban J connectivity index is 2.94. The van der Waals surface area contributed by atoms with E-state index in [0.717, 1.165) is 0 Å². The molecular formula is C10H8N2O4. The normalized spacial score (nSPS) is 9.00. The topological polar surface area (TPSA) is 106 Å². The van der Waals surface area contributed by atoms with E-state index >= 15 is 0 Å². The lowest BCUT2D eigenvalue weighted by Gasteiger charge is -1.97. The van der Waals surface area contributed by atoms with Crippen LogP contribution in [-0.4, -0.2) is 16.0 Å². The number of nitrogens with two attached hydrogens (primary N) is 1. The molecule has 0 aromatic heterocycles. The Hall–Kier alpha value is -2.55. The second-order valence-electron chi connectivity index (χ2n) is 2.90. The molecular weight excluding hydrogens is 212 g/mol. The fourth-order valence-electron chi connectivity index (χ4n) is 0.993. The van der Waals surface area contributed by atoms with Gasteiger partial charge in [-0.3, -0.25) is 14.9 Å². The molecule has 0 saturated carbocycles. The number of carboxylic acid groups (broad SMARTS) is 1. The van der Waals surface area contributed by atoms with Crippen LogP contribution in [0.25, 0.3) is 0 Å². The number of nitro groups is 1. The predicted molar refractivity (Wildman–Crippen MR) is 56.6 cm³/mol. The third-order valence-corrected chi connectivity index (χ3v) is 1.71. The summed E-state index contributed by atoms with van der Waals surface area (Å²) in [6.07, 6.45) is -0.295. The van der Waals surface area contributed by atoms with Gasteiger partial charge in [0.2, 0.25) is 0 Å². The van der Waals surface area contributed by atoms with E-state index in [1.54, 1.807) is 0 Å². The van der Waals surface area contributed by atoms with Crippen molar-refractivity contribution < 1.29 is 14.8 Å². The molecule has 0 spiro atoms. The molecule has 0 atom stereocenters. The highest BCUT2D eigenvalue weighted by Gasteiger charge is 2.06. The molecule has 82 valence electrons. The Bertz CT molecular complexity index is 499. The number of anilines is 1. The van der Waals surface area contributed by atoms with Crippen LogP contribution in [0.4, 0.5) is 11.4 Å². The maximum Gasteiger partial charge on any atom is 0.315 e. The molecule has 1 aromatic rings. The van der Waals surface area contributed by atoms with Crippen molar-refractivity contribution in [2.45, 2.75) is 6.42 Å². The van der Waals surface area contributed by atoms with Gasteiger partial charge in [-0.05, 0) is 6.07 Å². The highest BCUT2D eigenvalue weighted by atomic mass is 16.6. The summed E-state index contributed by atoms with van der Waals surface area (Å²) in [4.78, 5) is 20.0. The van der Waals surface area contributed by atoms with E-state index in [-0.39, 0.29) is 17.8 Å². The Morgan fingerprint density at radius 1 is 1.56 bits per heavy atom. The Morgan fingerprint density at radius 3 is 2.75 bits per heavy atom. The van der Waals surface area contributed by atoms with Crippen LogP contribution in [0.5, 0.6) is 0 Å². The average Bonchev–Trinajstić information content (AvgIpc) is 2.19. The molecule has 0 aliphatic heterocycles. The van der Waals surface area contributed by atoms with Gasteiger partial charge in [0.1, 0.15) is 6.42 Å². The monoisotopic (exact) mass is 220 g/mol. The Kier molecular flexibility index (Phi) is 3.45. The third kappa shape index (κ3) is 2.99. The lowest BCUT2D eigenvalue weighted by molar-refractivity contribution is -0.384. The minimum Gasteiger partial charge on any atom is -0.481 e. The molecule has 0 heterocycles. The number of hydrogen-bond acceptors (Lipinski definition) is 4. The molecule has 0 unspecified atom stereocenters. The first-order valence-corrected chi connectivity index (χ1v) is 4.25. The molecule has 0 amide bonds. The molecule has 6 heteroatoms. The van der Waals surface area contributed by atoms with Gasteiger partial charge in [-0.25, -0.2) is 0 Å². The number of nitrogens with zero attached hydrogens (tertiary/aromatic N) is 1. The van der Waals surface area contributed by atoms with Gasteiger partial charge in [0.15, 0.2) is 0 Å². The summed E-state index contributed by atoms with van der Waals surface area (Å²) < 4.78 is 0. The SMILES string of the molecule is Nc1cc([N+](=O)[O-])ccc1C#CCC(=O)O. The molecule has 0 radical (unpaired) electrons. The van der Waals surface area contributed by atoms with Crippen LogP contribution in [0.3, 0.4) is 0 Å². The molecule has 0 bridgehead atoms. The zero-order valence-electron chi connectivity index (χ0n) is 8.14. The quantitative estimate of drug-likeness (QED) is 0.334. The summed E-state index contributed by atoms with van der Waals surface area (Å²) in [6.45, 7) is 0. The van der Waals surface area contributed by atoms with E-state index < -0.39 is 10.9 Å². The summed E-state index contributed by atoms with van der Waals surface area (Å²) in [5.41, 5.74) is 5.94. The molecule has 0 aliphatic carbocycles. The summed E-state index contributed by atoms with van der Waals surface area (Å²) >= 11 is 0. The van der Waals surface area contributed by atoms with Crippen LogP contribution < -0.4 is 5.73 Å². The van der Waals surface area contributed by atoms with Crippen LogP contribution in [0.1, 0.15) is 12.0 Å². The van der Waals surface area contributed by atoms with Gasteiger partial charge in [-0.2, -0.15) is 0 Å². The first-order valence-electron chi connectivity index (χ1n) is 4.25. The highest BCUT2D eigenvalue weighted by molar-refractivity contribution is 5.70. The van der Waals surface area contributed by atoms with Gasteiger partial charge < -0.3 is 10.8 Å². The second kappa shape index (κ2) is 4.79. The van der Waals surface area contributed by atoms with Gasteiger partial charge in [0.25, 0.3) is 5.69 Å². The largest absolute Gasteiger partial charge is 0.481 e. The lowest BCUT2D eigenvalue weighted by atomic mass is 10.1. The number of benzene rings is 1. The molecule has 1 aromatic carbocycles. The Morgan fingerprint density at radius 2 is 2.25 bits per heavy atom. The van der Waals surface area contributed by atoms with Crippen LogP contribution >= 0.6 is 0 Å². The molecule has 6 nitrogen and oxygen atoms in total. The van der Waals surface area contributed by atoms with E-state index in [4.69, 9.17) is 10.8 Å². The van der Waals surface area contributed by atoms with Gasteiger partial charge in [0, 0.05) is 17.7 Å². The summed E-state index contributed by atoms with van der Waals surface area (Å²) in [5.74, 6) is 3.89. The number of carbonyl (C=O) groups is 1. The number of nitrogen functional groups attached to an aromatic ring is 1. The number of non-ortho nitro benzene ring substituents is 1. The lowest BCUT2D eigenvalue weighted by Crippen LogP contribution is -1.94. The van der Waals surface area contributed by atoms with Crippen molar-refractivity contribution in [1.82, 2.24) is 0 Å². The molecule has 0 fully saturated rings. The number of rotatable bonds is 2. The van der Waals surface area contributed by atoms with Crippen molar-refractivity contribution >= 4 is 17.3 Å². The van der Waals surface area contributed by atoms with Gasteiger partial charge in [-0.15, -0.1) is 0 Å². The van der Waals surface area contributed by atoms with Crippen molar-refractivity contribution in [3.63, 3.8) is 0 Å². The van der Waals surface area contributed by atoms with Crippen LogP contribution in [0.2, 0.25) is 0 Å². The predicted octanol–water partition coefficient (Wildman–Crippen LogP) is 1.00. The molecule has 0 aliphatic rings. The van der Waals surface area contributed by atoms with E-state index in [2.05, 4.69) is 11.8 Å². The van der Waals surface area contributed by atoms with E-state index in [1.165, 1.54) is 18.2 Å². The van der Waals surface area contributed by atoms with Crippen molar-refractivity contribution in [3.8, 4) is 11.8 Å². The maximum atomic E-state index is 10.4. The van der Waals surface area contributed by atoms with Crippen LogP contribution in [-0.2, 0) is 4.79 Å². The number of carboxylic acids is 1. The fourth-order valence-corrected chi connectivity index (χ4v) is 0.993. The van der Waals surface area contributed by atoms with Crippen LogP contribution in [0, 0.1) is 22.0 Å². The molecule has 16 heavy (non-hydrogen) atoms. The number of aliphatic carboxylic acids is 1. The summed E-state index contributed by atoms with van der Waals surface area (Å²) in [6, 6.07) is 3.84. The highest BCUT2D eigenvalue weighted by Crippen LogP contribution is 2.18. The van der Waals surface area contributed by atoms with Crippen molar-refractivity contribution in [2.75, 3.05) is 5.73 Å². The molecule has 1 rings (SSSR count). The van der Waals surface area contributed by atoms with E-state index in [9.17, 15) is 14.9 Å². The zero-order chi connectivity index (χ0) is 12.1. The summed E-state index contributed by atoms with van der Waals surface area (Å²) in [5, 5.41) is 18.8. The van der Waals surface area contributed by atoms with E-state index in [0.29, 0.717) is 5.56 Å². The molecule has 3 N–H and O–H groups in total. The average molecular weight is 220 g/mol. The van der Waals surface area contributed by atoms with Crippen molar-refractivity contribution in [2.24, 2.45) is 0 Å². The first kappa shape index (κ1) is 11.5. The zero-order valence-corrected chi connectivity index (χ0v) is 8.14. The second-order valence-corrected chi connectivity index (χ2v) is 2.90. The third-order valence-electron chi connectivity index (χ3n) is 1.71. The Labute approximate surface area is 90.8 Å². The maximum absolute atomic E-state index is 10.4. The van der Waals surface area contributed by atoms with Gasteiger partial charge in [0.05, 0.1) is 10.6 Å². The summed E-state index contributed by atoms with van der Waals surface area (Å²) in [7, 11) is 0. The van der Waals surface area contributed by atoms with Crippen molar-refractivity contribution in [3.05, 3.63) is 33.9 Å². The van der Waals surface area contributed by atoms with Gasteiger partial charge >= 0.3 is 5.97 Å². The number of nitro benzene ring substituents is 1. The van der Waals surface area contributed by atoms with Crippen molar-refractivity contribution in [1.29, 1.82) is 0 Å². The minimum atomic E-state index is -1.03. The van der Waals surface area contributed by atoms with Crippen LogP contribution in [0.15, 0.2) is 18.2 Å². The van der Waals surface area contributed by atoms with E-state index in [1.807, 2.05) is 0 Å². The standard InChI is InChI=1S/C10H8N2O4/c11-9-6-8(12(15)16)5-4-7(9)2-1-3-10(13)14/h4-6H,3,11H2,(H,13,14). The molecule has 0 saturated heterocycles. The minimum absolute atomic E-state index is 0.124. The first-order chi connectivity index (χ1) is 7.50. The number of hydrogen-bond donors (Lipinski definition) is 2. The fraction of sp³-hybridized carbons (Fsp3) is 0.100. The smallest absolute Gasteiger partial charge is 0.315 e. The van der Waals surface area contributed by atoms with Gasteiger partial charge in [-0.1, -0.05) is 11.8 Å².